The molecule has 0 unspecified atom stereocenters. The number of nitrogens with one attached hydrogen (secondary N) is 2. The molecule has 1 aromatic rings. The number of benzene rings is 1. The molecule has 20 heavy (non-hydrogen) atoms. The van der Waals surface area contributed by atoms with Crippen molar-refractivity contribution in [1.29, 1.82) is 0 Å². The van der Waals surface area contributed by atoms with Crippen molar-refractivity contribution in [3.05, 3.63) is 18.2 Å². The van der Waals surface area contributed by atoms with Gasteiger partial charge in [0.2, 0.25) is 12.7 Å². The Labute approximate surface area is 118 Å². The monoisotopic (exact) mass is 280 g/mol. The topological polar surface area (TPSA) is 68.8 Å². The van der Waals surface area contributed by atoms with Gasteiger partial charge in [0.25, 0.3) is 0 Å². The van der Waals surface area contributed by atoms with Crippen molar-refractivity contribution in [3.8, 4) is 17.2 Å². The molecule has 1 aliphatic rings. The lowest BCUT2D eigenvalue weighted by atomic mass is 10.3. The summed E-state index contributed by atoms with van der Waals surface area (Å²) in [5.41, 5.74) is 0. The molecule has 1 aliphatic heterocycles. The zero-order chi connectivity index (χ0) is 14.2. The Bertz CT molecular complexity index is 451. The maximum absolute atomic E-state index is 11.5. The Hall–Kier alpha value is -1.95. The third kappa shape index (κ3) is 4.31. The minimum absolute atomic E-state index is 0.0505. The molecule has 0 atom stereocenters. The van der Waals surface area contributed by atoms with E-state index in [4.69, 9.17) is 14.2 Å². The van der Waals surface area contributed by atoms with Crippen LogP contribution in [0.3, 0.4) is 0 Å². The van der Waals surface area contributed by atoms with Crippen LogP contribution in [0.4, 0.5) is 0 Å². The van der Waals surface area contributed by atoms with E-state index in [2.05, 4.69) is 10.6 Å². The minimum Gasteiger partial charge on any atom is -0.492 e. The van der Waals surface area contributed by atoms with Gasteiger partial charge < -0.3 is 24.8 Å². The summed E-state index contributed by atoms with van der Waals surface area (Å²) in [5.74, 6) is 2.18. The van der Waals surface area contributed by atoms with E-state index in [9.17, 15) is 4.79 Å². The van der Waals surface area contributed by atoms with Gasteiger partial charge in [-0.15, -0.1) is 0 Å². The standard InChI is InChI=1S/C14H20N2O4/c1-15-6-2-3-14(17)16-7-8-18-11-4-5-12-13(9-11)20-10-19-12/h4-5,9,15H,2-3,6-8,10H2,1H3,(H,16,17). The smallest absolute Gasteiger partial charge is 0.231 e. The molecule has 0 spiro atoms. The molecular weight excluding hydrogens is 260 g/mol. The number of amides is 1. The van der Waals surface area contributed by atoms with Gasteiger partial charge >= 0.3 is 0 Å². The summed E-state index contributed by atoms with van der Waals surface area (Å²) in [6.45, 7) is 2.02. The first-order valence-electron chi connectivity index (χ1n) is 6.73. The molecule has 6 nitrogen and oxygen atoms in total. The summed E-state index contributed by atoms with van der Waals surface area (Å²) in [6, 6.07) is 5.42. The molecule has 2 N–H and O–H groups in total. The van der Waals surface area contributed by atoms with Crippen LogP contribution >= 0.6 is 0 Å². The molecule has 0 saturated heterocycles. The molecule has 0 bridgehead atoms. The third-order valence-electron chi connectivity index (χ3n) is 2.87. The molecule has 110 valence electrons. The van der Waals surface area contributed by atoms with Crippen molar-refractivity contribution in [3.63, 3.8) is 0 Å². The second kappa shape index (κ2) is 7.59. The highest BCUT2D eigenvalue weighted by molar-refractivity contribution is 5.75. The molecular formula is C14H20N2O4. The van der Waals surface area contributed by atoms with Gasteiger partial charge in [0.05, 0.1) is 6.54 Å². The highest BCUT2D eigenvalue weighted by atomic mass is 16.7. The van der Waals surface area contributed by atoms with Crippen LogP contribution in [0.5, 0.6) is 17.2 Å². The number of hydrogen-bond donors (Lipinski definition) is 2. The Morgan fingerprint density at radius 2 is 2.15 bits per heavy atom. The van der Waals surface area contributed by atoms with Crippen LogP contribution in [0.2, 0.25) is 0 Å². The van der Waals surface area contributed by atoms with E-state index < -0.39 is 0 Å². The normalized spacial score (nSPS) is 12.2. The maximum Gasteiger partial charge on any atom is 0.231 e. The molecule has 1 heterocycles. The Morgan fingerprint density at radius 3 is 3.00 bits per heavy atom. The number of ether oxygens (including phenoxy) is 3. The van der Waals surface area contributed by atoms with Gasteiger partial charge in [0, 0.05) is 12.5 Å². The third-order valence-corrected chi connectivity index (χ3v) is 2.87. The number of fused-ring (bicyclic) bond motifs is 1. The lowest BCUT2D eigenvalue weighted by molar-refractivity contribution is -0.121. The van der Waals surface area contributed by atoms with Crippen LogP contribution < -0.4 is 24.8 Å². The van der Waals surface area contributed by atoms with E-state index in [-0.39, 0.29) is 12.7 Å². The number of rotatable bonds is 8. The molecule has 2 rings (SSSR count). The molecule has 1 amide bonds. The van der Waals surface area contributed by atoms with Crippen molar-refractivity contribution in [2.75, 3.05) is 33.5 Å². The van der Waals surface area contributed by atoms with Gasteiger partial charge in [0.1, 0.15) is 12.4 Å². The fourth-order valence-corrected chi connectivity index (χ4v) is 1.84. The van der Waals surface area contributed by atoms with Crippen LogP contribution in [0.25, 0.3) is 0 Å². The maximum atomic E-state index is 11.5. The predicted molar refractivity (Wildman–Crippen MR) is 74.2 cm³/mol. The summed E-state index contributed by atoms with van der Waals surface area (Å²) in [5, 5.41) is 5.82. The first-order valence-corrected chi connectivity index (χ1v) is 6.73. The largest absolute Gasteiger partial charge is 0.492 e. The van der Waals surface area contributed by atoms with E-state index in [0.29, 0.717) is 31.1 Å². The van der Waals surface area contributed by atoms with Gasteiger partial charge in [0.15, 0.2) is 11.5 Å². The number of carbonyl (C=O) groups excluding carboxylic acids is 1. The highest BCUT2D eigenvalue weighted by Crippen LogP contribution is 2.34. The average molecular weight is 280 g/mol. The van der Waals surface area contributed by atoms with Crippen LogP contribution in [-0.2, 0) is 4.79 Å². The summed E-state index contributed by atoms with van der Waals surface area (Å²) in [4.78, 5) is 11.5. The Balaban J connectivity index is 1.62. The van der Waals surface area contributed by atoms with E-state index in [1.165, 1.54) is 0 Å². The second-order valence-corrected chi connectivity index (χ2v) is 4.42. The molecule has 0 fully saturated rings. The van der Waals surface area contributed by atoms with E-state index in [1.807, 2.05) is 19.2 Å². The van der Waals surface area contributed by atoms with Gasteiger partial charge in [-0.2, -0.15) is 0 Å². The fourth-order valence-electron chi connectivity index (χ4n) is 1.84. The SMILES string of the molecule is CNCCCC(=O)NCCOc1ccc2c(c1)OCO2. The zero-order valence-electron chi connectivity index (χ0n) is 11.6. The van der Waals surface area contributed by atoms with Gasteiger partial charge in [-0.1, -0.05) is 0 Å². The molecule has 0 aliphatic carbocycles. The molecule has 0 saturated carbocycles. The van der Waals surface area contributed by atoms with Crippen LogP contribution in [0.15, 0.2) is 18.2 Å². The van der Waals surface area contributed by atoms with E-state index in [0.717, 1.165) is 18.7 Å². The molecule has 1 aromatic carbocycles. The zero-order valence-corrected chi connectivity index (χ0v) is 11.6. The van der Waals surface area contributed by atoms with Crippen LogP contribution in [0.1, 0.15) is 12.8 Å². The first kappa shape index (κ1) is 14.5. The van der Waals surface area contributed by atoms with E-state index in [1.54, 1.807) is 6.07 Å². The quantitative estimate of drug-likeness (QED) is 0.693. The molecule has 6 heteroatoms. The van der Waals surface area contributed by atoms with E-state index >= 15 is 0 Å². The van der Waals surface area contributed by atoms with Gasteiger partial charge in [-0.05, 0) is 32.1 Å². The first-order chi connectivity index (χ1) is 9.79. The van der Waals surface area contributed by atoms with Crippen LogP contribution in [-0.4, -0.2) is 39.4 Å². The fraction of sp³-hybridized carbons (Fsp3) is 0.500. The van der Waals surface area contributed by atoms with Gasteiger partial charge in [-0.3, -0.25) is 4.79 Å². The lowest BCUT2D eigenvalue weighted by Crippen LogP contribution is -2.28. The van der Waals surface area contributed by atoms with Crippen molar-refractivity contribution in [2.45, 2.75) is 12.8 Å². The number of carbonyl (C=O) groups is 1. The summed E-state index contributed by atoms with van der Waals surface area (Å²) >= 11 is 0. The minimum atomic E-state index is 0.0505. The van der Waals surface area contributed by atoms with Crippen LogP contribution in [0, 0.1) is 0 Å². The Kier molecular flexibility index (Phi) is 5.49. The van der Waals surface area contributed by atoms with Crippen molar-refractivity contribution in [2.24, 2.45) is 0 Å². The Morgan fingerprint density at radius 1 is 1.30 bits per heavy atom. The second-order valence-electron chi connectivity index (χ2n) is 4.42. The molecule has 0 aromatic heterocycles. The summed E-state index contributed by atoms with van der Waals surface area (Å²) < 4.78 is 16.0. The predicted octanol–water partition coefficient (Wildman–Crippen LogP) is 0.910. The average Bonchev–Trinajstić information content (AvgIpc) is 2.91. The van der Waals surface area contributed by atoms with Crippen molar-refractivity contribution < 1.29 is 19.0 Å². The van der Waals surface area contributed by atoms with Crippen molar-refractivity contribution in [1.82, 2.24) is 10.6 Å². The summed E-state index contributed by atoms with van der Waals surface area (Å²) in [7, 11) is 1.87. The molecule has 0 radical (unpaired) electrons. The summed E-state index contributed by atoms with van der Waals surface area (Å²) in [6.07, 6.45) is 1.37. The number of hydrogen-bond acceptors (Lipinski definition) is 5. The van der Waals surface area contributed by atoms with Crippen molar-refractivity contribution >= 4 is 5.91 Å². The van der Waals surface area contributed by atoms with Gasteiger partial charge in [-0.25, -0.2) is 0 Å². The lowest BCUT2D eigenvalue weighted by Gasteiger charge is -2.08. The highest BCUT2D eigenvalue weighted by Gasteiger charge is 2.13.